The Kier molecular flexibility index (Phi) is 4.25. The van der Waals surface area contributed by atoms with Gasteiger partial charge in [0.05, 0.1) is 5.56 Å². The average Bonchev–Trinajstić information content (AvgIpc) is 2.81. The monoisotopic (exact) mass is 299 g/mol. The van der Waals surface area contributed by atoms with Gasteiger partial charge in [0.2, 0.25) is 0 Å². The van der Waals surface area contributed by atoms with Crippen LogP contribution in [0.5, 0.6) is 0 Å². The van der Waals surface area contributed by atoms with Crippen molar-refractivity contribution in [3.63, 3.8) is 0 Å². The minimum Gasteiger partial charge on any atom is -0.478 e. The highest BCUT2D eigenvalue weighted by atomic mass is 19.4. The smallest absolute Gasteiger partial charge is 0.417 e. The molecule has 2 rings (SSSR count). The molecule has 1 N–H and O–H groups in total. The lowest BCUT2D eigenvalue weighted by atomic mass is 10.0. The van der Waals surface area contributed by atoms with Gasteiger partial charge in [0.15, 0.2) is 0 Å². The van der Waals surface area contributed by atoms with Crippen LogP contribution in [-0.2, 0) is 11.0 Å². The van der Waals surface area contributed by atoms with Crippen molar-refractivity contribution >= 4 is 17.7 Å². The van der Waals surface area contributed by atoms with Crippen LogP contribution in [0.4, 0.5) is 18.9 Å². The third kappa shape index (κ3) is 3.56. The minimum atomic E-state index is -4.52. The maximum Gasteiger partial charge on any atom is 0.417 e. The first-order valence-electron chi connectivity index (χ1n) is 6.68. The third-order valence-electron chi connectivity index (χ3n) is 3.63. The topological polar surface area (TPSA) is 40.5 Å². The number of rotatable bonds is 3. The summed E-state index contributed by atoms with van der Waals surface area (Å²) in [4.78, 5) is 12.4. The van der Waals surface area contributed by atoms with Crippen LogP contribution < -0.4 is 4.90 Å². The summed E-state index contributed by atoms with van der Waals surface area (Å²) in [7, 11) is 0. The van der Waals surface area contributed by atoms with Crippen molar-refractivity contribution in [2.75, 3.05) is 11.4 Å². The highest BCUT2D eigenvalue weighted by molar-refractivity contribution is 5.85. The molecule has 1 fully saturated rings. The van der Waals surface area contributed by atoms with Gasteiger partial charge in [-0.3, -0.25) is 0 Å². The Morgan fingerprint density at radius 3 is 2.67 bits per heavy atom. The Morgan fingerprint density at radius 1 is 1.43 bits per heavy atom. The predicted octanol–water partition coefficient (Wildman–Crippen LogP) is 3.79. The van der Waals surface area contributed by atoms with Gasteiger partial charge in [-0.05, 0) is 43.5 Å². The van der Waals surface area contributed by atoms with Gasteiger partial charge in [0, 0.05) is 24.4 Å². The third-order valence-corrected chi connectivity index (χ3v) is 3.63. The first kappa shape index (κ1) is 15.4. The lowest BCUT2D eigenvalue weighted by Gasteiger charge is -2.25. The summed E-state index contributed by atoms with van der Waals surface area (Å²) in [5.41, 5.74) is -0.420. The van der Waals surface area contributed by atoms with E-state index < -0.39 is 17.7 Å². The Hall–Kier alpha value is -1.98. The van der Waals surface area contributed by atoms with Crippen molar-refractivity contribution in [3.05, 3.63) is 35.4 Å². The highest BCUT2D eigenvalue weighted by Crippen LogP contribution is 2.36. The van der Waals surface area contributed by atoms with E-state index >= 15 is 0 Å². The second-order valence-corrected chi connectivity index (χ2v) is 5.13. The van der Waals surface area contributed by atoms with Crippen molar-refractivity contribution in [1.82, 2.24) is 0 Å². The molecule has 0 radical (unpaired) electrons. The molecular weight excluding hydrogens is 283 g/mol. The summed E-state index contributed by atoms with van der Waals surface area (Å²) < 4.78 is 39.4. The lowest BCUT2D eigenvalue weighted by molar-refractivity contribution is -0.137. The molecule has 6 heteroatoms. The summed E-state index contributed by atoms with van der Waals surface area (Å²) in [6.45, 7) is 2.72. The van der Waals surface area contributed by atoms with Gasteiger partial charge in [-0.2, -0.15) is 13.2 Å². The van der Waals surface area contributed by atoms with Crippen molar-refractivity contribution in [3.8, 4) is 0 Å². The molecular formula is C15H16F3NO2. The largest absolute Gasteiger partial charge is 0.478 e. The fourth-order valence-corrected chi connectivity index (χ4v) is 2.59. The number of benzene rings is 1. The number of carbonyl (C=O) groups is 1. The molecule has 0 aliphatic carbocycles. The lowest BCUT2D eigenvalue weighted by Crippen LogP contribution is -2.26. The Labute approximate surface area is 120 Å². The molecule has 1 aliphatic heterocycles. The van der Waals surface area contributed by atoms with Gasteiger partial charge in [0.25, 0.3) is 0 Å². The van der Waals surface area contributed by atoms with Gasteiger partial charge < -0.3 is 10.0 Å². The zero-order valence-corrected chi connectivity index (χ0v) is 11.5. The van der Waals surface area contributed by atoms with Crippen molar-refractivity contribution in [1.29, 1.82) is 0 Å². The molecule has 0 aromatic heterocycles. The molecule has 1 saturated heterocycles. The Bertz CT molecular complexity index is 567. The minimum absolute atomic E-state index is 0.138. The standard InChI is InChI=1S/C15H16F3NO2/c1-10-3-2-8-19(10)12-6-4-11(5-7-14(20)21)13(9-12)15(16,17)18/h4-7,9-10H,2-3,8H2,1H3,(H,20,21)/b7-5+. The van der Waals surface area contributed by atoms with E-state index in [-0.39, 0.29) is 11.6 Å². The molecule has 1 heterocycles. The second-order valence-electron chi connectivity index (χ2n) is 5.13. The number of carboxylic acid groups (broad SMARTS) is 1. The molecule has 1 aromatic rings. The molecule has 1 atom stereocenters. The summed E-state index contributed by atoms with van der Waals surface area (Å²) in [5, 5.41) is 8.55. The molecule has 0 bridgehead atoms. The average molecular weight is 299 g/mol. The quantitative estimate of drug-likeness (QED) is 0.863. The highest BCUT2D eigenvalue weighted by Gasteiger charge is 2.34. The van der Waals surface area contributed by atoms with Crippen LogP contribution >= 0.6 is 0 Å². The van der Waals surface area contributed by atoms with Gasteiger partial charge in [0.1, 0.15) is 0 Å². The van der Waals surface area contributed by atoms with Crippen LogP contribution in [0, 0.1) is 0 Å². The van der Waals surface area contributed by atoms with Crippen LogP contribution in [0.25, 0.3) is 6.08 Å². The van der Waals surface area contributed by atoms with Gasteiger partial charge in [-0.25, -0.2) is 4.79 Å². The Balaban J connectivity index is 2.42. The van der Waals surface area contributed by atoms with Crippen molar-refractivity contribution in [2.24, 2.45) is 0 Å². The van der Waals surface area contributed by atoms with Gasteiger partial charge in [-0.1, -0.05) is 6.07 Å². The first-order chi connectivity index (χ1) is 9.79. The zero-order chi connectivity index (χ0) is 15.6. The van der Waals surface area contributed by atoms with Gasteiger partial charge >= 0.3 is 12.1 Å². The predicted molar refractivity (Wildman–Crippen MR) is 74.2 cm³/mol. The number of carboxylic acids is 1. The van der Waals surface area contributed by atoms with Crippen LogP contribution in [0.3, 0.4) is 0 Å². The summed E-state index contributed by atoms with van der Waals surface area (Å²) in [6, 6.07) is 4.25. The molecule has 0 amide bonds. The molecule has 1 unspecified atom stereocenters. The van der Waals surface area contributed by atoms with E-state index in [0.717, 1.165) is 31.5 Å². The fraction of sp³-hybridized carbons (Fsp3) is 0.400. The van der Waals surface area contributed by atoms with E-state index in [2.05, 4.69) is 0 Å². The van der Waals surface area contributed by atoms with Crippen molar-refractivity contribution in [2.45, 2.75) is 32.0 Å². The molecule has 1 aromatic carbocycles. The number of hydrogen-bond acceptors (Lipinski definition) is 2. The number of alkyl halides is 3. The van der Waals surface area contributed by atoms with Crippen LogP contribution in [0.2, 0.25) is 0 Å². The van der Waals surface area contributed by atoms with Gasteiger partial charge in [-0.15, -0.1) is 0 Å². The summed E-state index contributed by atoms with van der Waals surface area (Å²) in [6.07, 6.45) is -0.909. The number of hydrogen-bond donors (Lipinski definition) is 1. The van der Waals surface area contributed by atoms with E-state index in [9.17, 15) is 18.0 Å². The number of nitrogens with zero attached hydrogens (tertiary/aromatic N) is 1. The van der Waals surface area contributed by atoms with E-state index in [1.165, 1.54) is 6.07 Å². The van der Waals surface area contributed by atoms with Crippen molar-refractivity contribution < 1.29 is 23.1 Å². The number of halogens is 3. The molecule has 114 valence electrons. The summed E-state index contributed by atoms with van der Waals surface area (Å²) >= 11 is 0. The number of anilines is 1. The maximum atomic E-state index is 13.1. The van der Waals surface area contributed by atoms with E-state index in [1.54, 1.807) is 6.07 Å². The number of aliphatic carboxylic acids is 1. The molecule has 0 spiro atoms. The summed E-state index contributed by atoms with van der Waals surface area (Å²) in [5.74, 6) is -1.28. The molecule has 1 aliphatic rings. The van der Waals surface area contributed by atoms with E-state index in [1.807, 2.05) is 11.8 Å². The van der Waals surface area contributed by atoms with Crippen LogP contribution in [-0.4, -0.2) is 23.7 Å². The van der Waals surface area contributed by atoms with Crippen LogP contribution in [0.15, 0.2) is 24.3 Å². The molecule has 21 heavy (non-hydrogen) atoms. The van der Waals surface area contributed by atoms with E-state index in [0.29, 0.717) is 11.8 Å². The SMILES string of the molecule is CC1CCCN1c1ccc(/C=C/C(=O)O)c(C(F)(F)F)c1. The normalized spacial score (nSPS) is 19.4. The van der Waals surface area contributed by atoms with Crippen LogP contribution in [0.1, 0.15) is 30.9 Å². The fourth-order valence-electron chi connectivity index (χ4n) is 2.59. The second kappa shape index (κ2) is 5.79. The van der Waals surface area contributed by atoms with E-state index in [4.69, 9.17) is 5.11 Å². The maximum absolute atomic E-state index is 13.1. The Morgan fingerprint density at radius 2 is 2.14 bits per heavy atom. The first-order valence-corrected chi connectivity index (χ1v) is 6.68. The molecule has 0 saturated carbocycles. The zero-order valence-electron chi connectivity index (χ0n) is 11.5. The molecule has 3 nitrogen and oxygen atoms in total.